The third kappa shape index (κ3) is 4.74. The number of halogens is 1. The van der Waals surface area contributed by atoms with Gasteiger partial charge in [0.05, 0.1) is 23.5 Å². The molecule has 0 radical (unpaired) electrons. The summed E-state index contributed by atoms with van der Waals surface area (Å²) in [5.74, 6) is -2.00. The zero-order chi connectivity index (χ0) is 29.6. The Bertz CT molecular complexity index is 1610. The molecule has 6 rings (SSSR count). The van der Waals surface area contributed by atoms with Crippen molar-refractivity contribution in [3.05, 3.63) is 101 Å². The van der Waals surface area contributed by atoms with Crippen molar-refractivity contribution in [1.29, 1.82) is 0 Å². The Morgan fingerprint density at radius 2 is 1.79 bits per heavy atom. The van der Waals surface area contributed by atoms with E-state index in [1.54, 1.807) is 25.7 Å². The van der Waals surface area contributed by atoms with Crippen molar-refractivity contribution in [2.24, 2.45) is 5.92 Å². The number of para-hydroxylation sites is 1. The first-order valence-corrected chi connectivity index (χ1v) is 14.3. The van der Waals surface area contributed by atoms with Crippen LogP contribution in [-0.2, 0) is 31.2 Å². The lowest BCUT2D eigenvalue weighted by Crippen LogP contribution is -2.52. The van der Waals surface area contributed by atoms with Crippen molar-refractivity contribution < 1.29 is 28.2 Å². The van der Waals surface area contributed by atoms with Gasteiger partial charge < -0.3 is 14.4 Å². The highest BCUT2D eigenvalue weighted by Crippen LogP contribution is 2.57. The standard InChI is InChI=1S/C34H33FN2O5/c1-33(2,3)42-32(40)36-27-18-17-22(35)19-24(27)29-23-13-7-8-14-25(23)34(41-30(29)38)26-15-9-10-16-28(26)37(31(34)39)20-21-11-5-4-6-12-21/h4-6,9-12,15-19,25H,7-8,13-14,20H2,1-3H3,(H,36,40)/t25-,34+/m1/s1. The molecule has 2 heterocycles. The topological polar surface area (TPSA) is 84.9 Å². The molecule has 3 aromatic rings. The molecule has 8 heteroatoms. The molecule has 1 spiro atoms. The molecule has 216 valence electrons. The number of anilines is 2. The Hall–Kier alpha value is -4.46. The number of rotatable bonds is 4. The van der Waals surface area contributed by atoms with E-state index in [0.717, 1.165) is 24.0 Å². The fourth-order valence-corrected chi connectivity index (χ4v) is 6.50. The lowest BCUT2D eigenvalue weighted by Gasteiger charge is -2.44. The predicted molar refractivity (Wildman–Crippen MR) is 157 cm³/mol. The van der Waals surface area contributed by atoms with Gasteiger partial charge in [-0.25, -0.2) is 14.0 Å². The number of amides is 2. The quantitative estimate of drug-likeness (QED) is 0.339. The van der Waals surface area contributed by atoms with Crippen LogP contribution < -0.4 is 10.2 Å². The molecule has 0 bridgehead atoms. The molecule has 7 nitrogen and oxygen atoms in total. The van der Waals surface area contributed by atoms with E-state index >= 15 is 0 Å². The largest absolute Gasteiger partial charge is 0.444 e. The van der Waals surface area contributed by atoms with Crippen LogP contribution in [0.1, 0.15) is 63.1 Å². The molecule has 3 aromatic carbocycles. The summed E-state index contributed by atoms with van der Waals surface area (Å²) >= 11 is 0. The minimum atomic E-state index is -1.52. The number of carbonyl (C=O) groups is 3. The van der Waals surface area contributed by atoms with Gasteiger partial charge in [-0.3, -0.25) is 10.1 Å². The van der Waals surface area contributed by atoms with E-state index in [1.807, 2.05) is 54.6 Å². The van der Waals surface area contributed by atoms with Crippen LogP contribution in [0.4, 0.5) is 20.6 Å². The number of nitrogens with one attached hydrogen (secondary N) is 1. The van der Waals surface area contributed by atoms with E-state index < -0.39 is 35.0 Å². The fraction of sp³-hybridized carbons (Fsp3) is 0.324. The number of benzene rings is 3. The third-order valence-corrected chi connectivity index (χ3v) is 8.11. The molecule has 0 unspecified atom stereocenters. The Labute approximate surface area is 244 Å². The average Bonchev–Trinajstić information content (AvgIpc) is 3.17. The number of carbonyl (C=O) groups excluding carboxylic acids is 3. The van der Waals surface area contributed by atoms with Gasteiger partial charge in [-0.2, -0.15) is 0 Å². The number of ether oxygens (including phenoxy) is 2. The fourth-order valence-electron chi connectivity index (χ4n) is 6.50. The Balaban J connectivity index is 1.47. The summed E-state index contributed by atoms with van der Waals surface area (Å²) < 4.78 is 26.4. The Kier molecular flexibility index (Phi) is 6.87. The number of fused-ring (bicyclic) bond motifs is 4. The molecule has 1 N–H and O–H groups in total. The summed E-state index contributed by atoms with van der Waals surface area (Å²) in [5.41, 5.74) is 1.45. The maximum Gasteiger partial charge on any atom is 0.412 e. The molecule has 1 fully saturated rings. The second-order valence-electron chi connectivity index (χ2n) is 12.0. The lowest BCUT2D eigenvalue weighted by atomic mass is 9.67. The Morgan fingerprint density at radius 3 is 2.55 bits per heavy atom. The van der Waals surface area contributed by atoms with Gasteiger partial charge in [0.1, 0.15) is 11.4 Å². The maximum atomic E-state index is 14.7. The molecule has 2 aliphatic heterocycles. The lowest BCUT2D eigenvalue weighted by molar-refractivity contribution is -0.171. The van der Waals surface area contributed by atoms with Crippen LogP contribution in [0, 0.1) is 11.7 Å². The van der Waals surface area contributed by atoms with Gasteiger partial charge in [-0.1, -0.05) is 55.0 Å². The predicted octanol–water partition coefficient (Wildman–Crippen LogP) is 7.12. The van der Waals surface area contributed by atoms with Gasteiger partial charge >= 0.3 is 12.1 Å². The summed E-state index contributed by atoms with van der Waals surface area (Å²) in [4.78, 5) is 42.9. The van der Waals surface area contributed by atoms with Crippen molar-refractivity contribution in [2.75, 3.05) is 10.2 Å². The Morgan fingerprint density at radius 1 is 1.05 bits per heavy atom. The van der Waals surface area contributed by atoms with E-state index in [-0.39, 0.29) is 22.7 Å². The van der Waals surface area contributed by atoms with Crippen LogP contribution in [0.3, 0.4) is 0 Å². The monoisotopic (exact) mass is 568 g/mol. The molecule has 0 saturated heterocycles. The zero-order valence-corrected chi connectivity index (χ0v) is 23.9. The van der Waals surface area contributed by atoms with Crippen LogP contribution in [0.2, 0.25) is 0 Å². The van der Waals surface area contributed by atoms with E-state index in [1.165, 1.54) is 18.2 Å². The van der Waals surface area contributed by atoms with Crippen LogP contribution in [0.15, 0.2) is 78.4 Å². The van der Waals surface area contributed by atoms with Crippen LogP contribution in [0.25, 0.3) is 5.57 Å². The third-order valence-electron chi connectivity index (χ3n) is 8.11. The molecule has 0 aromatic heterocycles. The minimum Gasteiger partial charge on any atom is -0.444 e. The molecule has 2 amide bonds. The summed E-state index contributed by atoms with van der Waals surface area (Å²) in [6, 6.07) is 21.0. The summed E-state index contributed by atoms with van der Waals surface area (Å²) in [7, 11) is 0. The highest BCUT2D eigenvalue weighted by atomic mass is 19.1. The van der Waals surface area contributed by atoms with Gasteiger partial charge in [-0.05, 0) is 75.4 Å². The van der Waals surface area contributed by atoms with Crippen molar-refractivity contribution in [2.45, 2.75) is 64.2 Å². The van der Waals surface area contributed by atoms with Crippen molar-refractivity contribution >= 4 is 34.9 Å². The van der Waals surface area contributed by atoms with Crippen molar-refractivity contribution in [1.82, 2.24) is 0 Å². The van der Waals surface area contributed by atoms with Gasteiger partial charge in [0.15, 0.2) is 0 Å². The molecular formula is C34H33FN2O5. The van der Waals surface area contributed by atoms with E-state index in [4.69, 9.17) is 9.47 Å². The second-order valence-corrected chi connectivity index (χ2v) is 12.0. The molecular weight excluding hydrogens is 535 g/mol. The SMILES string of the molecule is CC(C)(C)OC(=O)Nc1ccc(F)cc1C1=C2CCCC[C@H]2[C@@]2(OC1=O)C(=O)N(Cc1ccccc1)c1ccccc12. The molecule has 42 heavy (non-hydrogen) atoms. The summed E-state index contributed by atoms with van der Waals surface area (Å²) in [5, 5.41) is 2.68. The number of nitrogens with zero attached hydrogens (tertiary/aromatic N) is 1. The highest BCUT2D eigenvalue weighted by Gasteiger charge is 2.62. The van der Waals surface area contributed by atoms with Crippen molar-refractivity contribution in [3.8, 4) is 0 Å². The van der Waals surface area contributed by atoms with Crippen molar-refractivity contribution in [3.63, 3.8) is 0 Å². The number of hydrogen-bond donors (Lipinski definition) is 1. The van der Waals surface area contributed by atoms with Gasteiger partial charge in [0, 0.05) is 17.0 Å². The normalized spacial score (nSPS) is 21.6. The van der Waals surface area contributed by atoms with Crippen LogP contribution in [0.5, 0.6) is 0 Å². The smallest absolute Gasteiger partial charge is 0.412 e. The first kappa shape index (κ1) is 27.7. The molecule has 1 aliphatic carbocycles. The first-order chi connectivity index (χ1) is 20.1. The number of hydrogen-bond acceptors (Lipinski definition) is 5. The first-order valence-electron chi connectivity index (χ1n) is 14.3. The average molecular weight is 569 g/mol. The molecule has 2 atom stereocenters. The highest BCUT2D eigenvalue weighted by molar-refractivity contribution is 6.23. The second kappa shape index (κ2) is 10.4. The summed E-state index contributed by atoms with van der Waals surface area (Å²) in [6.45, 7) is 5.56. The van der Waals surface area contributed by atoms with E-state index in [2.05, 4.69) is 5.32 Å². The maximum absolute atomic E-state index is 14.7. The number of esters is 1. The van der Waals surface area contributed by atoms with E-state index in [0.29, 0.717) is 30.6 Å². The van der Waals surface area contributed by atoms with Gasteiger partial charge in [-0.15, -0.1) is 0 Å². The van der Waals surface area contributed by atoms with Gasteiger partial charge in [0.25, 0.3) is 5.91 Å². The van der Waals surface area contributed by atoms with Crippen LogP contribution in [-0.4, -0.2) is 23.6 Å². The molecule has 1 saturated carbocycles. The zero-order valence-electron chi connectivity index (χ0n) is 23.9. The minimum absolute atomic E-state index is 0.197. The van der Waals surface area contributed by atoms with E-state index in [9.17, 15) is 18.8 Å². The molecule has 3 aliphatic rings. The van der Waals surface area contributed by atoms with Crippen LogP contribution >= 0.6 is 0 Å². The van der Waals surface area contributed by atoms with Gasteiger partial charge in [0.2, 0.25) is 5.60 Å². The summed E-state index contributed by atoms with van der Waals surface area (Å²) in [6.07, 6.45) is 2.11.